The van der Waals surface area contributed by atoms with E-state index >= 15 is 0 Å². The van der Waals surface area contributed by atoms with E-state index in [9.17, 15) is 4.79 Å². The summed E-state index contributed by atoms with van der Waals surface area (Å²) >= 11 is 0. The second kappa shape index (κ2) is 7.65. The molecule has 0 unspecified atom stereocenters. The van der Waals surface area contributed by atoms with Gasteiger partial charge < -0.3 is 5.32 Å². The predicted octanol–water partition coefficient (Wildman–Crippen LogP) is 4.25. The van der Waals surface area contributed by atoms with Gasteiger partial charge in [-0.25, -0.2) is 4.68 Å². The molecule has 1 heterocycles. The van der Waals surface area contributed by atoms with E-state index in [4.69, 9.17) is 5.10 Å². The second-order valence-corrected chi connectivity index (χ2v) is 7.07. The normalized spacial score (nSPS) is 11.3. The van der Waals surface area contributed by atoms with Crippen molar-refractivity contribution in [2.45, 2.75) is 53.9 Å². The van der Waals surface area contributed by atoms with Crippen LogP contribution < -0.4 is 5.32 Å². The molecule has 0 aliphatic rings. The molecular formula is C20H29N3O. The highest BCUT2D eigenvalue weighted by molar-refractivity contribution is 5.96. The number of hydrogen-bond acceptors (Lipinski definition) is 2. The third-order valence-electron chi connectivity index (χ3n) is 4.03. The molecule has 1 aromatic heterocycles. The molecule has 0 radical (unpaired) electrons. The summed E-state index contributed by atoms with van der Waals surface area (Å²) in [7, 11) is 0. The average Bonchev–Trinajstić information content (AvgIpc) is 2.92. The van der Waals surface area contributed by atoms with Crippen LogP contribution in [0, 0.1) is 12.8 Å². The molecule has 1 aromatic carbocycles. The van der Waals surface area contributed by atoms with Crippen molar-refractivity contribution in [2.75, 3.05) is 6.54 Å². The van der Waals surface area contributed by atoms with Crippen LogP contribution in [0.4, 0.5) is 0 Å². The Hall–Kier alpha value is -2.10. The van der Waals surface area contributed by atoms with Gasteiger partial charge in [0.15, 0.2) is 0 Å². The fraction of sp³-hybridized carbons (Fsp3) is 0.500. The average molecular weight is 327 g/mol. The SMILES string of the molecule is CCc1c(C(=O)NCC(C)C)c(C(C)C)nn1-c1cccc(C)c1. The van der Waals surface area contributed by atoms with Crippen molar-refractivity contribution < 1.29 is 4.79 Å². The topological polar surface area (TPSA) is 46.9 Å². The summed E-state index contributed by atoms with van der Waals surface area (Å²) in [6, 6.07) is 8.24. The molecule has 4 nitrogen and oxygen atoms in total. The Bertz CT molecular complexity index is 714. The molecule has 0 aliphatic heterocycles. The van der Waals surface area contributed by atoms with Crippen LogP contribution in [0.3, 0.4) is 0 Å². The minimum Gasteiger partial charge on any atom is -0.352 e. The van der Waals surface area contributed by atoms with Gasteiger partial charge in [-0.05, 0) is 42.9 Å². The summed E-state index contributed by atoms with van der Waals surface area (Å²) in [5, 5.41) is 7.85. The molecule has 1 amide bonds. The lowest BCUT2D eigenvalue weighted by atomic mass is 10.0. The summed E-state index contributed by atoms with van der Waals surface area (Å²) in [6.45, 7) is 13.2. The van der Waals surface area contributed by atoms with Crippen LogP contribution in [0.1, 0.15) is 67.8 Å². The van der Waals surface area contributed by atoms with E-state index in [1.54, 1.807) is 0 Å². The van der Waals surface area contributed by atoms with Crippen molar-refractivity contribution in [3.05, 3.63) is 46.8 Å². The lowest BCUT2D eigenvalue weighted by Gasteiger charge is -2.11. The molecule has 0 aliphatic carbocycles. The van der Waals surface area contributed by atoms with E-state index in [2.05, 4.69) is 59.0 Å². The molecule has 0 atom stereocenters. The lowest BCUT2D eigenvalue weighted by molar-refractivity contribution is 0.0946. The van der Waals surface area contributed by atoms with Gasteiger partial charge in [0.05, 0.1) is 22.6 Å². The first kappa shape index (κ1) is 18.2. The number of nitrogens with one attached hydrogen (secondary N) is 1. The molecule has 1 N–H and O–H groups in total. The smallest absolute Gasteiger partial charge is 0.255 e. The van der Waals surface area contributed by atoms with Gasteiger partial charge in [-0.15, -0.1) is 0 Å². The molecule has 130 valence electrons. The number of carbonyl (C=O) groups is 1. The molecule has 2 aromatic rings. The quantitative estimate of drug-likeness (QED) is 0.862. The highest BCUT2D eigenvalue weighted by Gasteiger charge is 2.25. The van der Waals surface area contributed by atoms with Crippen molar-refractivity contribution in [3.8, 4) is 5.69 Å². The first-order valence-corrected chi connectivity index (χ1v) is 8.82. The largest absolute Gasteiger partial charge is 0.352 e. The second-order valence-electron chi connectivity index (χ2n) is 7.07. The highest BCUT2D eigenvalue weighted by Crippen LogP contribution is 2.25. The Morgan fingerprint density at radius 3 is 2.50 bits per heavy atom. The van der Waals surface area contributed by atoms with Crippen LogP contribution in [0.15, 0.2) is 24.3 Å². The summed E-state index contributed by atoms with van der Waals surface area (Å²) in [4.78, 5) is 12.8. The molecule has 4 heteroatoms. The Balaban J connectivity index is 2.54. The number of benzene rings is 1. The third-order valence-corrected chi connectivity index (χ3v) is 4.03. The van der Waals surface area contributed by atoms with E-state index in [0.29, 0.717) is 12.5 Å². The van der Waals surface area contributed by atoms with Gasteiger partial charge in [0.1, 0.15) is 0 Å². The maximum Gasteiger partial charge on any atom is 0.255 e. The molecule has 24 heavy (non-hydrogen) atoms. The van der Waals surface area contributed by atoms with Crippen LogP contribution in [0.25, 0.3) is 5.69 Å². The lowest BCUT2D eigenvalue weighted by Crippen LogP contribution is -2.28. The summed E-state index contributed by atoms with van der Waals surface area (Å²) in [5.41, 5.74) is 4.79. The Morgan fingerprint density at radius 2 is 1.96 bits per heavy atom. The van der Waals surface area contributed by atoms with Crippen molar-refractivity contribution >= 4 is 5.91 Å². The molecular weight excluding hydrogens is 298 g/mol. The van der Waals surface area contributed by atoms with E-state index in [-0.39, 0.29) is 11.8 Å². The highest BCUT2D eigenvalue weighted by atomic mass is 16.1. The number of rotatable bonds is 6. The van der Waals surface area contributed by atoms with Gasteiger partial charge in [0, 0.05) is 6.54 Å². The zero-order chi connectivity index (χ0) is 17.9. The Labute approximate surface area is 145 Å². The predicted molar refractivity (Wildman–Crippen MR) is 98.9 cm³/mol. The van der Waals surface area contributed by atoms with Crippen LogP contribution in [0.5, 0.6) is 0 Å². The van der Waals surface area contributed by atoms with Gasteiger partial charge in [-0.1, -0.05) is 46.8 Å². The Morgan fingerprint density at radius 1 is 1.25 bits per heavy atom. The first-order chi connectivity index (χ1) is 11.3. The number of amides is 1. The van der Waals surface area contributed by atoms with E-state index in [1.807, 2.05) is 16.8 Å². The van der Waals surface area contributed by atoms with Crippen molar-refractivity contribution in [3.63, 3.8) is 0 Å². The molecule has 0 saturated carbocycles. The number of aromatic nitrogens is 2. The van der Waals surface area contributed by atoms with Gasteiger partial charge in [-0.2, -0.15) is 5.10 Å². The first-order valence-electron chi connectivity index (χ1n) is 8.82. The third kappa shape index (κ3) is 3.86. The van der Waals surface area contributed by atoms with E-state index in [0.717, 1.165) is 29.1 Å². The van der Waals surface area contributed by atoms with Crippen LogP contribution in [-0.4, -0.2) is 22.2 Å². The maximum atomic E-state index is 12.8. The number of hydrogen-bond donors (Lipinski definition) is 1. The van der Waals surface area contributed by atoms with E-state index in [1.165, 1.54) is 5.56 Å². The van der Waals surface area contributed by atoms with Gasteiger partial charge in [-0.3, -0.25) is 4.79 Å². The van der Waals surface area contributed by atoms with Gasteiger partial charge in [0.2, 0.25) is 0 Å². The van der Waals surface area contributed by atoms with Crippen molar-refractivity contribution in [1.82, 2.24) is 15.1 Å². The fourth-order valence-electron chi connectivity index (χ4n) is 2.81. The van der Waals surface area contributed by atoms with Crippen LogP contribution in [-0.2, 0) is 6.42 Å². The van der Waals surface area contributed by atoms with Crippen LogP contribution >= 0.6 is 0 Å². The van der Waals surface area contributed by atoms with Gasteiger partial charge >= 0.3 is 0 Å². The standard InChI is InChI=1S/C20H29N3O/c1-7-17-18(20(24)21-12-13(2)3)19(14(4)5)22-23(17)16-10-8-9-15(6)11-16/h8-11,13-14H,7,12H2,1-6H3,(H,21,24). The molecule has 0 fully saturated rings. The zero-order valence-corrected chi connectivity index (χ0v) is 15.7. The summed E-state index contributed by atoms with van der Waals surface area (Å²) in [5.74, 6) is 0.609. The molecule has 0 bridgehead atoms. The monoisotopic (exact) mass is 327 g/mol. The molecule has 0 spiro atoms. The molecule has 0 saturated heterocycles. The van der Waals surface area contributed by atoms with Crippen LogP contribution in [0.2, 0.25) is 0 Å². The summed E-state index contributed by atoms with van der Waals surface area (Å²) in [6.07, 6.45) is 0.762. The van der Waals surface area contributed by atoms with Gasteiger partial charge in [0.25, 0.3) is 5.91 Å². The number of carbonyl (C=O) groups excluding carboxylic acids is 1. The molecule has 2 rings (SSSR count). The number of aryl methyl sites for hydroxylation is 1. The maximum absolute atomic E-state index is 12.8. The van der Waals surface area contributed by atoms with Crippen molar-refractivity contribution in [2.24, 2.45) is 5.92 Å². The minimum atomic E-state index is -0.0110. The minimum absolute atomic E-state index is 0.0110. The van der Waals surface area contributed by atoms with Crippen molar-refractivity contribution in [1.29, 1.82) is 0 Å². The Kier molecular flexibility index (Phi) is 5.81. The summed E-state index contributed by atoms with van der Waals surface area (Å²) < 4.78 is 1.94. The zero-order valence-electron chi connectivity index (χ0n) is 15.7. The number of nitrogens with zero attached hydrogens (tertiary/aromatic N) is 2. The fourth-order valence-corrected chi connectivity index (χ4v) is 2.81. The van der Waals surface area contributed by atoms with E-state index < -0.39 is 0 Å².